The smallest absolute Gasteiger partial charge is 0.293 e. The second-order valence-electron chi connectivity index (χ2n) is 6.40. The van der Waals surface area contributed by atoms with Crippen molar-refractivity contribution in [3.8, 4) is 0 Å². The topological polar surface area (TPSA) is 66.5 Å². The van der Waals surface area contributed by atoms with Gasteiger partial charge in [0, 0.05) is 13.1 Å². The predicted octanol–water partition coefficient (Wildman–Crippen LogP) is 3.53. The molecule has 0 atom stereocenters. The molecule has 5 nitrogen and oxygen atoms in total. The number of carbonyl (C=O) groups is 3. The minimum atomic E-state index is -0.400. The lowest BCUT2D eigenvalue weighted by Gasteiger charge is -2.13. The highest BCUT2D eigenvalue weighted by molar-refractivity contribution is 8.18. The van der Waals surface area contributed by atoms with E-state index in [1.54, 1.807) is 18.2 Å². The van der Waals surface area contributed by atoms with Crippen LogP contribution in [-0.2, 0) is 16.0 Å². The van der Waals surface area contributed by atoms with E-state index in [-0.39, 0.29) is 36.6 Å². The maximum Gasteiger partial charge on any atom is 0.293 e. The number of aryl methyl sites for hydroxylation is 1. The lowest BCUT2D eigenvalue weighted by atomic mass is 10.1. The first-order chi connectivity index (χ1) is 13.4. The van der Waals surface area contributed by atoms with Crippen LogP contribution in [0.4, 0.5) is 9.18 Å². The van der Waals surface area contributed by atoms with E-state index in [4.69, 9.17) is 0 Å². The molecule has 3 rings (SSSR count). The zero-order valence-corrected chi connectivity index (χ0v) is 16.1. The summed E-state index contributed by atoms with van der Waals surface area (Å²) in [6.07, 6.45) is 1.72. The summed E-state index contributed by atoms with van der Waals surface area (Å²) in [6.45, 7) is 2.20. The summed E-state index contributed by atoms with van der Waals surface area (Å²) in [5, 5.41) is 2.29. The molecule has 7 heteroatoms. The lowest BCUT2D eigenvalue weighted by Crippen LogP contribution is -2.37. The van der Waals surface area contributed by atoms with Crippen LogP contribution in [0.2, 0.25) is 0 Å². The molecule has 3 amide bonds. The minimum absolute atomic E-state index is 0.0347. The number of imide groups is 1. The first kappa shape index (κ1) is 19.8. The number of carbonyl (C=O) groups excluding carboxylic acids is 3. The number of amides is 3. The highest BCUT2D eigenvalue weighted by Crippen LogP contribution is 2.31. The fourth-order valence-corrected chi connectivity index (χ4v) is 3.57. The van der Waals surface area contributed by atoms with Gasteiger partial charge in [0.2, 0.25) is 5.91 Å². The summed E-state index contributed by atoms with van der Waals surface area (Å²) >= 11 is 0.888. The van der Waals surface area contributed by atoms with Gasteiger partial charge in [-0.1, -0.05) is 42.0 Å². The SMILES string of the molecule is Cc1ccc(/C=C2\SC(=O)N(CCNC(=O)Cc3cccc(F)c3)C2=O)cc1. The van der Waals surface area contributed by atoms with Gasteiger partial charge in [0.15, 0.2) is 0 Å². The summed E-state index contributed by atoms with van der Waals surface area (Å²) in [6, 6.07) is 13.4. The van der Waals surface area contributed by atoms with Gasteiger partial charge in [-0.05, 0) is 48.0 Å². The first-order valence-corrected chi connectivity index (χ1v) is 9.57. The molecule has 1 heterocycles. The van der Waals surface area contributed by atoms with Crippen LogP contribution in [0.5, 0.6) is 0 Å². The molecule has 0 unspecified atom stereocenters. The van der Waals surface area contributed by atoms with Gasteiger partial charge in [-0.25, -0.2) is 4.39 Å². The largest absolute Gasteiger partial charge is 0.354 e. The third-order valence-electron chi connectivity index (χ3n) is 4.16. The van der Waals surface area contributed by atoms with Gasteiger partial charge in [0.05, 0.1) is 11.3 Å². The van der Waals surface area contributed by atoms with Gasteiger partial charge in [0.1, 0.15) is 5.82 Å². The Bertz CT molecular complexity index is 941. The number of rotatable bonds is 6. The van der Waals surface area contributed by atoms with Gasteiger partial charge in [-0.2, -0.15) is 0 Å². The highest BCUT2D eigenvalue weighted by Gasteiger charge is 2.34. The summed E-state index contributed by atoms with van der Waals surface area (Å²) in [7, 11) is 0. The fourth-order valence-electron chi connectivity index (χ4n) is 2.71. The van der Waals surface area contributed by atoms with Crippen LogP contribution in [0, 0.1) is 12.7 Å². The van der Waals surface area contributed by atoms with Crippen molar-refractivity contribution in [3.05, 3.63) is 75.9 Å². The number of nitrogens with one attached hydrogen (secondary N) is 1. The van der Waals surface area contributed by atoms with Crippen LogP contribution in [0.1, 0.15) is 16.7 Å². The van der Waals surface area contributed by atoms with Crippen LogP contribution >= 0.6 is 11.8 Å². The summed E-state index contributed by atoms with van der Waals surface area (Å²) in [5.41, 5.74) is 2.52. The quantitative estimate of drug-likeness (QED) is 0.756. The van der Waals surface area contributed by atoms with E-state index in [2.05, 4.69) is 5.32 Å². The predicted molar refractivity (Wildman–Crippen MR) is 107 cm³/mol. The van der Waals surface area contributed by atoms with E-state index < -0.39 is 5.82 Å². The maximum atomic E-state index is 13.2. The molecule has 2 aromatic rings. The van der Waals surface area contributed by atoms with Crippen LogP contribution in [-0.4, -0.2) is 35.0 Å². The molecular weight excluding hydrogens is 379 g/mol. The molecule has 1 aliphatic heterocycles. The van der Waals surface area contributed by atoms with Crippen molar-refractivity contribution in [1.29, 1.82) is 0 Å². The molecule has 1 aliphatic rings. The monoisotopic (exact) mass is 398 g/mol. The van der Waals surface area contributed by atoms with Crippen LogP contribution in [0.3, 0.4) is 0 Å². The summed E-state index contributed by atoms with van der Waals surface area (Å²) in [5.74, 6) is -1.06. The lowest BCUT2D eigenvalue weighted by molar-refractivity contribution is -0.124. The van der Waals surface area contributed by atoms with Crippen LogP contribution in [0.25, 0.3) is 6.08 Å². The van der Waals surface area contributed by atoms with E-state index in [1.165, 1.54) is 12.1 Å². The Kier molecular flexibility index (Phi) is 6.26. The van der Waals surface area contributed by atoms with Crippen molar-refractivity contribution < 1.29 is 18.8 Å². The zero-order chi connectivity index (χ0) is 20.1. The molecule has 0 aromatic heterocycles. The molecule has 2 aromatic carbocycles. The van der Waals surface area contributed by atoms with Gasteiger partial charge >= 0.3 is 0 Å². The van der Waals surface area contributed by atoms with Crippen molar-refractivity contribution in [2.75, 3.05) is 13.1 Å². The number of nitrogens with zero attached hydrogens (tertiary/aromatic N) is 1. The second kappa shape index (κ2) is 8.84. The average Bonchev–Trinajstić information content (AvgIpc) is 2.91. The molecule has 28 heavy (non-hydrogen) atoms. The maximum absolute atomic E-state index is 13.2. The molecule has 0 bridgehead atoms. The number of hydrogen-bond acceptors (Lipinski definition) is 4. The van der Waals surface area contributed by atoms with E-state index in [0.717, 1.165) is 27.8 Å². The average molecular weight is 398 g/mol. The van der Waals surface area contributed by atoms with Gasteiger partial charge in [-0.15, -0.1) is 0 Å². The zero-order valence-electron chi connectivity index (χ0n) is 15.3. The Labute approximate surface area is 166 Å². The normalized spacial score (nSPS) is 15.4. The summed E-state index contributed by atoms with van der Waals surface area (Å²) < 4.78 is 13.2. The molecule has 0 aliphatic carbocycles. The van der Waals surface area contributed by atoms with Crippen molar-refractivity contribution in [2.24, 2.45) is 0 Å². The number of halogens is 1. The van der Waals surface area contributed by atoms with Gasteiger partial charge in [0.25, 0.3) is 11.1 Å². The molecule has 1 fully saturated rings. The Hall–Kier alpha value is -2.93. The van der Waals surface area contributed by atoms with E-state index in [0.29, 0.717) is 10.5 Å². The summed E-state index contributed by atoms with van der Waals surface area (Å²) in [4.78, 5) is 38.0. The fraction of sp³-hybridized carbons (Fsp3) is 0.190. The van der Waals surface area contributed by atoms with Crippen molar-refractivity contribution in [2.45, 2.75) is 13.3 Å². The highest BCUT2D eigenvalue weighted by atomic mass is 32.2. The van der Waals surface area contributed by atoms with E-state index in [9.17, 15) is 18.8 Å². The number of thioether (sulfide) groups is 1. The Morgan fingerprint density at radius 1 is 1.18 bits per heavy atom. The molecule has 1 N–H and O–H groups in total. The molecule has 0 radical (unpaired) electrons. The van der Waals surface area contributed by atoms with Crippen LogP contribution < -0.4 is 5.32 Å². The van der Waals surface area contributed by atoms with Crippen LogP contribution in [0.15, 0.2) is 53.4 Å². The third kappa shape index (κ3) is 5.07. The Balaban J connectivity index is 1.53. The van der Waals surface area contributed by atoms with Crippen molar-refractivity contribution >= 4 is 34.9 Å². The standard InChI is InChI=1S/C21H19FN2O3S/c1-14-5-7-15(8-6-14)12-18-20(26)24(21(27)28-18)10-9-23-19(25)13-16-3-2-4-17(22)11-16/h2-8,11-12H,9-10,13H2,1H3,(H,23,25)/b18-12-. The number of benzene rings is 2. The molecular formula is C21H19FN2O3S. The van der Waals surface area contributed by atoms with E-state index in [1.807, 2.05) is 31.2 Å². The number of hydrogen-bond donors (Lipinski definition) is 1. The molecule has 0 spiro atoms. The molecule has 1 saturated heterocycles. The molecule has 144 valence electrons. The Morgan fingerprint density at radius 3 is 2.64 bits per heavy atom. The van der Waals surface area contributed by atoms with Gasteiger partial charge < -0.3 is 5.32 Å². The van der Waals surface area contributed by atoms with Crippen molar-refractivity contribution in [1.82, 2.24) is 10.2 Å². The van der Waals surface area contributed by atoms with Crippen molar-refractivity contribution in [3.63, 3.8) is 0 Å². The minimum Gasteiger partial charge on any atom is -0.354 e. The van der Waals surface area contributed by atoms with E-state index >= 15 is 0 Å². The second-order valence-corrected chi connectivity index (χ2v) is 7.39. The third-order valence-corrected chi connectivity index (χ3v) is 5.07. The Morgan fingerprint density at radius 2 is 1.93 bits per heavy atom. The first-order valence-electron chi connectivity index (χ1n) is 8.75. The van der Waals surface area contributed by atoms with Gasteiger partial charge in [-0.3, -0.25) is 19.3 Å². The molecule has 0 saturated carbocycles.